The summed E-state index contributed by atoms with van der Waals surface area (Å²) in [6.45, 7) is 0.331. The van der Waals surface area contributed by atoms with Crippen molar-refractivity contribution in [3.05, 3.63) is 53.3 Å². The molecule has 0 aliphatic carbocycles. The lowest BCUT2D eigenvalue weighted by atomic mass is 9.83. The van der Waals surface area contributed by atoms with E-state index in [1.54, 1.807) is 41.0 Å². The molecule has 2 aromatic rings. The fraction of sp³-hybridized carbons (Fsp3) is 0.316. The van der Waals surface area contributed by atoms with Gasteiger partial charge in [0, 0.05) is 17.8 Å². The van der Waals surface area contributed by atoms with Crippen LogP contribution in [0.1, 0.15) is 28.2 Å². The third-order valence-electron chi connectivity index (χ3n) is 4.76. The fourth-order valence-electron chi connectivity index (χ4n) is 3.44. The van der Waals surface area contributed by atoms with E-state index >= 15 is 0 Å². The predicted molar refractivity (Wildman–Crippen MR) is 91.2 cm³/mol. The van der Waals surface area contributed by atoms with Crippen LogP contribution in [0.25, 0.3) is 0 Å². The van der Waals surface area contributed by atoms with Gasteiger partial charge in [0.25, 0.3) is 0 Å². The molecule has 0 radical (unpaired) electrons. The van der Waals surface area contributed by atoms with Crippen molar-refractivity contribution in [1.82, 2.24) is 4.57 Å². The number of fused-ring (bicyclic) bond motifs is 1. The molecule has 0 saturated heterocycles. The number of ether oxygens (including phenoxy) is 3. The maximum Gasteiger partial charge on any atom is 0.329 e. The molecule has 136 valence electrons. The van der Waals surface area contributed by atoms with Crippen molar-refractivity contribution in [2.45, 2.75) is 18.4 Å². The highest BCUT2D eigenvalue weighted by atomic mass is 16.5. The number of esters is 2. The van der Waals surface area contributed by atoms with Gasteiger partial charge in [-0.2, -0.15) is 0 Å². The first-order chi connectivity index (χ1) is 12.5. The van der Waals surface area contributed by atoms with Crippen LogP contribution in [0.3, 0.4) is 0 Å². The molecule has 0 N–H and O–H groups in total. The van der Waals surface area contributed by atoms with Crippen molar-refractivity contribution in [2.75, 3.05) is 21.3 Å². The van der Waals surface area contributed by atoms with Gasteiger partial charge in [-0.15, -0.1) is 0 Å². The quantitative estimate of drug-likeness (QED) is 0.460. The minimum absolute atomic E-state index is 0.181. The smallest absolute Gasteiger partial charge is 0.329 e. The number of rotatable bonds is 5. The van der Waals surface area contributed by atoms with Crippen molar-refractivity contribution in [2.24, 2.45) is 0 Å². The Balaban J connectivity index is 2.06. The summed E-state index contributed by atoms with van der Waals surface area (Å²) in [7, 11) is 3.97. The number of carbonyl (C=O) groups excluding carboxylic acids is 3. The monoisotopic (exact) mass is 357 g/mol. The summed E-state index contributed by atoms with van der Waals surface area (Å²) in [5.74, 6) is -1.04. The predicted octanol–water partition coefficient (Wildman–Crippen LogP) is 1.72. The van der Waals surface area contributed by atoms with Crippen molar-refractivity contribution < 1.29 is 28.6 Å². The number of hydrogen-bond acceptors (Lipinski definition) is 6. The van der Waals surface area contributed by atoms with Crippen LogP contribution in [-0.2, 0) is 31.0 Å². The number of hydrogen-bond donors (Lipinski definition) is 0. The van der Waals surface area contributed by atoms with Crippen LogP contribution in [0.15, 0.2) is 36.4 Å². The molecule has 3 rings (SSSR count). The topological polar surface area (TPSA) is 83.8 Å². The Kier molecular flexibility index (Phi) is 4.54. The van der Waals surface area contributed by atoms with Gasteiger partial charge in [0.15, 0.2) is 0 Å². The van der Waals surface area contributed by atoms with Crippen LogP contribution in [0.5, 0.6) is 5.75 Å². The molecule has 1 aromatic carbocycles. The maximum absolute atomic E-state index is 12.9. The summed E-state index contributed by atoms with van der Waals surface area (Å²) in [4.78, 5) is 37.7. The van der Waals surface area contributed by atoms with Gasteiger partial charge in [-0.1, -0.05) is 12.1 Å². The summed E-state index contributed by atoms with van der Waals surface area (Å²) in [5.41, 5.74) is -0.291. The fourth-order valence-corrected chi connectivity index (χ4v) is 3.44. The van der Waals surface area contributed by atoms with Gasteiger partial charge in [0.05, 0.1) is 27.0 Å². The first-order valence-corrected chi connectivity index (χ1v) is 8.05. The van der Waals surface area contributed by atoms with Gasteiger partial charge in [-0.3, -0.25) is 14.4 Å². The van der Waals surface area contributed by atoms with E-state index in [4.69, 9.17) is 14.2 Å². The number of benzene rings is 1. The van der Waals surface area contributed by atoms with Crippen molar-refractivity contribution in [1.29, 1.82) is 0 Å². The van der Waals surface area contributed by atoms with Gasteiger partial charge in [-0.25, -0.2) is 0 Å². The second-order valence-electron chi connectivity index (χ2n) is 5.96. The molecule has 0 saturated carbocycles. The van der Waals surface area contributed by atoms with Crippen LogP contribution in [-0.4, -0.2) is 43.6 Å². The molecule has 26 heavy (non-hydrogen) atoms. The minimum atomic E-state index is -1.55. The lowest BCUT2D eigenvalue weighted by Crippen LogP contribution is -2.43. The maximum atomic E-state index is 12.9. The van der Waals surface area contributed by atoms with E-state index in [0.29, 0.717) is 29.2 Å². The van der Waals surface area contributed by atoms with Crippen molar-refractivity contribution in [3.8, 4) is 5.75 Å². The molecular weight excluding hydrogens is 338 g/mol. The van der Waals surface area contributed by atoms with Crippen LogP contribution >= 0.6 is 0 Å². The third-order valence-corrected chi connectivity index (χ3v) is 4.76. The van der Waals surface area contributed by atoms with Crippen LogP contribution in [0.2, 0.25) is 0 Å². The Morgan fingerprint density at radius 3 is 2.31 bits per heavy atom. The second-order valence-corrected chi connectivity index (χ2v) is 5.96. The summed E-state index contributed by atoms with van der Waals surface area (Å²) in [6.07, 6.45) is 0.181. The standard InChI is InChI=1S/C19H19NO6/c1-24-13-6-4-5-12(11-13)16(21)14-7-8-15-19(17(22)25-2,18(23)26-3)9-10-20(14)15/h4-8,11H,9-10H2,1-3H3. The SMILES string of the molecule is COC(=O)C1(C(=O)OC)CCn2c(C(=O)c3cccc(OC)c3)ccc21. The Hall–Kier alpha value is -3.09. The lowest BCUT2D eigenvalue weighted by molar-refractivity contribution is -0.161. The number of aromatic nitrogens is 1. The Bertz CT molecular complexity index is 866. The summed E-state index contributed by atoms with van der Waals surface area (Å²) < 4.78 is 16.5. The molecule has 0 atom stereocenters. The van der Waals surface area contributed by atoms with Crippen LogP contribution in [0.4, 0.5) is 0 Å². The molecule has 0 unspecified atom stereocenters. The molecule has 7 heteroatoms. The van der Waals surface area contributed by atoms with E-state index in [0.717, 1.165) is 0 Å². The van der Waals surface area contributed by atoms with Gasteiger partial charge < -0.3 is 18.8 Å². The van der Waals surface area contributed by atoms with Crippen LogP contribution in [0, 0.1) is 0 Å². The normalized spacial score (nSPS) is 14.4. The Morgan fingerprint density at radius 1 is 1.00 bits per heavy atom. The van der Waals surface area contributed by atoms with E-state index in [2.05, 4.69) is 0 Å². The number of methoxy groups -OCH3 is 3. The highest BCUT2D eigenvalue weighted by Crippen LogP contribution is 2.39. The van der Waals surface area contributed by atoms with E-state index in [1.807, 2.05) is 0 Å². The number of nitrogens with zero attached hydrogens (tertiary/aromatic N) is 1. The summed E-state index contributed by atoms with van der Waals surface area (Å²) in [6, 6.07) is 10.0. The molecule has 1 aromatic heterocycles. The molecule has 0 fully saturated rings. The van der Waals surface area contributed by atoms with E-state index in [-0.39, 0.29) is 12.2 Å². The number of carbonyl (C=O) groups is 3. The Morgan fingerprint density at radius 2 is 1.69 bits per heavy atom. The summed E-state index contributed by atoms with van der Waals surface area (Å²) >= 11 is 0. The van der Waals surface area contributed by atoms with Gasteiger partial charge in [-0.05, 0) is 30.7 Å². The molecule has 1 aliphatic heterocycles. The first-order valence-electron chi connectivity index (χ1n) is 8.05. The molecular formula is C19H19NO6. The Labute approximate surface area is 150 Å². The molecule has 1 aliphatic rings. The third kappa shape index (κ3) is 2.47. The van der Waals surface area contributed by atoms with Crippen molar-refractivity contribution >= 4 is 17.7 Å². The highest BCUT2D eigenvalue weighted by molar-refractivity contribution is 6.10. The van der Waals surface area contributed by atoms with Gasteiger partial charge in [0.1, 0.15) is 5.75 Å². The molecule has 0 amide bonds. The molecule has 0 bridgehead atoms. The zero-order chi connectivity index (χ0) is 18.9. The average Bonchev–Trinajstić information content (AvgIpc) is 3.27. The highest BCUT2D eigenvalue weighted by Gasteiger charge is 2.55. The largest absolute Gasteiger partial charge is 0.497 e. The zero-order valence-electron chi connectivity index (χ0n) is 14.8. The zero-order valence-corrected chi connectivity index (χ0v) is 14.8. The minimum Gasteiger partial charge on any atom is -0.497 e. The van der Waals surface area contributed by atoms with Crippen LogP contribution < -0.4 is 4.74 Å². The first kappa shape index (κ1) is 17.7. The molecule has 2 heterocycles. The van der Waals surface area contributed by atoms with E-state index in [9.17, 15) is 14.4 Å². The van der Waals surface area contributed by atoms with E-state index < -0.39 is 17.4 Å². The molecule has 7 nitrogen and oxygen atoms in total. The van der Waals surface area contributed by atoms with Gasteiger partial charge in [0.2, 0.25) is 11.2 Å². The van der Waals surface area contributed by atoms with E-state index in [1.165, 1.54) is 21.3 Å². The number of ketones is 1. The van der Waals surface area contributed by atoms with Gasteiger partial charge >= 0.3 is 11.9 Å². The summed E-state index contributed by atoms with van der Waals surface area (Å²) in [5, 5.41) is 0. The second kappa shape index (κ2) is 6.67. The van der Waals surface area contributed by atoms with Crippen molar-refractivity contribution in [3.63, 3.8) is 0 Å². The average molecular weight is 357 g/mol. The lowest BCUT2D eigenvalue weighted by Gasteiger charge is -2.22. The molecule has 0 spiro atoms.